The number of carbonyl (C=O) groups is 1. The largest absolute Gasteiger partial charge is 0.461 e. The first-order chi connectivity index (χ1) is 8.65. The van der Waals surface area contributed by atoms with Crippen LogP contribution in [-0.4, -0.2) is 22.4 Å². The topological polar surface area (TPSA) is 44.1 Å². The standard InChI is InChI=1S/C14H22N2O2/c1-4-18-14(17)12-11-9-7-5-6-8-10(2)13(11)16(3)15-12/h10H,4-9H2,1-3H3. The number of hydrogen-bond donors (Lipinski definition) is 0. The Hall–Kier alpha value is -1.32. The molecule has 1 aliphatic carbocycles. The third-order valence-electron chi connectivity index (χ3n) is 3.69. The summed E-state index contributed by atoms with van der Waals surface area (Å²) in [6.07, 6.45) is 5.76. The average Bonchev–Trinajstić information content (AvgIpc) is 2.62. The summed E-state index contributed by atoms with van der Waals surface area (Å²) in [7, 11) is 1.93. The van der Waals surface area contributed by atoms with E-state index in [4.69, 9.17) is 4.74 Å². The molecular formula is C14H22N2O2. The van der Waals surface area contributed by atoms with Crippen LogP contribution in [0, 0.1) is 0 Å². The van der Waals surface area contributed by atoms with Crippen LogP contribution < -0.4 is 0 Å². The van der Waals surface area contributed by atoms with Crippen LogP contribution in [0.3, 0.4) is 0 Å². The first-order valence-electron chi connectivity index (χ1n) is 6.88. The van der Waals surface area contributed by atoms with Gasteiger partial charge in [0.2, 0.25) is 0 Å². The van der Waals surface area contributed by atoms with Crippen molar-refractivity contribution in [3.8, 4) is 0 Å². The van der Waals surface area contributed by atoms with E-state index in [1.165, 1.54) is 25.0 Å². The van der Waals surface area contributed by atoms with Crippen molar-refractivity contribution >= 4 is 5.97 Å². The monoisotopic (exact) mass is 250 g/mol. The lowest BCUT2D eigenvalue weighted by Crippen LogP contribution is -2.10. The fraction of sp³-hybridized carbons (Fsp3) is 0.714. The molecular weight excluding hydrogens is 228 g/mol. The molecule has 1 aromatic rings. The fourth-order valence-corrected chi connectivity index (χ4v) is 2.87. The number of nitrogens with zero attached hydrogens (tertiary/aromatic N) is 2. The number of ether oxygens (including phenoxy) is 1. The second kappa shape index (κ2) is 5.55. The number of hydrogen-bond acceptors (Lipinski definition) is 3. The minimum Gasteiger partial charge on any atom is -0.461 e. The lowest BCUT2D eigenvalue weighted by Gasteiger charge is -2.17. The maximum absolute atomic E-state index is 11.9. The molecule has 18 heavy (non-hydrogen) atoms. The van der Waals surface area contributed by atoms with Gasteiger partial charge in [0.15, 0.2) is 5.69 Å². The van der Waals surface area contributed by atoms with Crippen molar-refractivity contribution < 1.29 is 9.53 Å². The van der Waals surface area contributed by atoms with Crippen LogP contribution in [0.1, 0.15) is 67.2 Å². The summed E-state index contributed by atoms with van der Waals surface area (Å²) in [5.41, 5.74) is 2.86. The molecule has 0 N–H and O–H groups in total. The van der Waals surface area contributed by atoms with Crippen LogP contribution in [0.15, 0.2) is 0 Å². The Morgan fingerprint density at radius 3 is 2.94 bits per heavy atom. The molecule has 1 aliphatic rings. The van der Waals surface area contributed by atoms with E-state index in [1.54, 1.807) is 0 Å². The van der Waals surface area contributed by atoms with Gasteiger partial charge in [-0.15, -0.1) is 0 Å². The molecule has 1 atom stereocenters. The second-order valence-corrected chi connectivity index (χ2v) is 5.06. The minimum atomic E-state index is -0.276. The first-order valence-corrected chi connectivity index (χ1v) is 6.88. The molecule has 1 heterocycles. The minimum absolute atomic E-state index is 0.276. The Morgan fingerprint density at radius 1 is 1.44 bits per heavy atom. The zero-order valence-electron chi connectivity index (χ0n) is 11.5. The van der Waals surface area contributed by atoms with Crippen LogP contribution in [0.5, 0.6) is 0 Å². The van der Waals surface area contributed by atoms with E-state index >= 15 is 0 Å². The van der Waals surface area contributed by atoms with Crippen molar-refractivity contribution in [2.45, 2.75) is 51.9 Å². The Morgan fingerprint density at radius 2 is 2.22 bits per heavy atom. The highest BCUT2D eigenvalue weighted by Gasteiger charge is 2.26. The lowest BCUT2D eigenvalue weighted by atomic mass is 9.90. The summed E-state index contributed by atoms with van der Waals surface area (Å²) in [4.78, 5) is 11.9. The Labute approximate surface area is 108 Å². The van der Waals surface area contributed by atoms with Gasteiger partial charge < -0.3 is 4.74 Å². The van der Waals surface area contributed by atoms with Gasteiger partial charge in [-0.2, -0.15) is 5.10 Å². The predicted molar refractivity (Wildman–Crippen MR) is 69.8 cm³/mol. The third-order valence-corrected chi connectivity index (χ3v) is 3.69. The van der Waals surface area contributed by atoms with E-state index < -0.39 is 0 Å². The summed E-state index contributed by atoms with van der Waals surface area (Å²) in [6, 6.07) is 0. The van der Waals surface area contributed by atoms with E-state index in [2.05, 4.69) is 12.0 Å². The number of rotatable bonds is 2. The number of aryl methyl sites for hydroxylation is 1. The number of aromatic nitrogens is 2. The molecule has 0 fully saturated rings. The van der Waals surface area contributed by atoms with Crippen LogP contribution in [-0.2, 0) is 18.2 Å². The second-order valence-electron chi connectivity index (χ2n) is 5.06. The van der Waals surface area contributed by atoms with E-state index in [1.807, 2.05) is 18.7 Å². The number of fused-ring (bicyclic) bond motifs is 1. The Balaban J connectivity index is 2.41. The molecule has 1 unspecified atom stereocenters. The smallest absolute Gasteiger partial charge is 0.359 e. The van der Waals surface area contributed by atoms with Crippen LogP contribution in [0.2, 0.25) is 0 Å². The van der Waals surface area contributed by atoms with Crippen molar-refractivity contribution in [3.05, 3.63) is 17.0 Å². The van der Waals surface area contributed by atoms with Gasteiger partial charge in [0, 0.05) is 18.3 Å². The van der Waals surface area contributed by atoms with Crippen molar-refractivity contribution in [2.75, 3.05) is 6.61 Å². The maximum atomic E-state index is 11.9. The molecule has 0 saturated heterocycles. The van der Waals surface area contributed by atoms with E-state index in [0.29, 0.717) is 18.2 Å². The maximum Gasteiger partial charge on any atom is 0.359 e. The highest BCUT2D eigenvalue weighted by molar-refractivity contribution is 5.89. The van der Waals surface area contributed by atoms with E-state index in [-0.39, 0.29) is 5.97 Å². The fourth-order valence-electron chi connectivity index (χ4n) is 2.87. The van der Waals surface area contributed by atoms with Crippen LogP contribution >= 0.6 is 0 Å². The summed E-state index contributed by atoms with van der Waals surface area (Å²) in [5, 5.41) is 4.39. The van der Waals surface area contributed by atoms with E-state index in [9.17, 15) is 4.79 Å². The van der Waals surface area contributed by atoms with Crippen molar-refractivity contribution in [3.63, 3.8) is 0 Å². The SMILES string of the molecule is CCOC(=O)c1nn(C)c2c1CCCCCC2C. The van der Waals surface area contributed by atoms with Crippen LogP contribution in [0.4, 0.5) is 0 Å². The molecule has 2 rings (SSSR count). The van der Waals surface area contributed by atoms with Gasteiger partial charge in [0.25, 0.3) is 0 Å². The normalized spacial score (nSPS) is 19.8. The number of esters is 1. The van der Waals surface area contributed by atoms with Crippen molar-refractivity contribution in [1.29, 1.82) is 0 Å². The molecule has 0 amide bonds. The zero-order chi connectivity index (χ0) is 13.1. The summed E-state index contributed by atoms with van der Waals surface area (Å²) in [6.45, 7) is 4.45. The molecule has 0 spiro atoms. The van der Waals surface area contributed by atoms with Gasteiger partial charge in [-0.25, -0.2) is 4.79 Å². The zero-order valence-corrected chi connectivity index (χ0v) is 11.5. The van der Waals surface area contributed by atoms with Gasteiger partial charge in [0.05, 0.1) is 6.61 Å². The molecule has 4 heteroatoms. The van der Waals surface area contributed by atoms with E-state index in [0.717, 1.165) is 18.4 Å². The molecule has 0 saturated carbocycles. The number of carbonyl (C=O) groups excluding carboxylic acids is 1. The quantitative estimate of drug-likeness (QED) is 0.758. The van der Waals surface area contributed by atoms with Gasteiger partial charge >= 0.3 is 5.97 Å². The van der Waals surface area contributed by atoms with Gasteiger partial charge in [-0.3, -0.25) is 4.68 Å². The van der Waals surface area contributed by atoms with Gasteiger partial charge in [0.1, 0.15) is 0 Å². The molecule has 0 radical (unpaired) electrons. The molecule has 100 valence electrons. The van der Waals surface area contributed by atoms with Crippen molar-refractivity contribution in [2.24, 2.45) is 7.05 Å². The highest BCUT2D eigenvalue weighted by atomic mass is 16.5. The van der Waals surface area contributed by atoms with Gasteiger partial charge in [-0.1, -0.05) is 19.8 Å². The molecule has 4 nitrogen and oxygen atoms in total. The van der Waals surface area contributed by atoms with Crippen molar-refractivity contribution in [1.82, 2.24) is 9.78 Å². The predicted octanol–water partition coefficient (Wildman–Crippen LogP) is 2.82. The highest BCUT2D eigenvalue weighted by Crippen LogP contribution is 2.31. The Bertz CT molecular complexity index is 437. The first kappa shape index (κ1) is 13.1. The Kier molecular flexibility index (Phi) is 4.04. The van der Waals surface area contributed by atoms with Gasteiger partial charge in [-0.05, 0) is 32.1 Å². The summed E-state index contributed by atoms with van der Waals surface area (Å²) in [5.74, 6) is 0.197. The third kappa shape index (κ3) is 2.42. The van der Waals surface area contributed by atoms with Crippen LogP contribution in [0.25, 0.3) is 0 Å². The summed E-state index contributed by atoms with van der Waals surface area (Å²) < 4.78 is 6.97. The lowest BCUT2D eigenvalue weighted by molar-refractivity contribution is 0.0517. The molecule has 1 aromatic heterocycles. The molecule has 0 bridgehead atoms. The average molecular weight is 250 g/mol. The summed E-state index contributed by atoms with van der Waals surface area (Å²) >= 11 is 0. The molecule has 0 aromatic carbocycles. The molecule has 0 aliphatic heterocycles.